The molecule has 0 atom stereocenters. The molecule has 6 nitrogen and oxygen atoms in total. The number of rotatable bonds is 4. The topological polar surface area (TPSA) is 76.4 Å². The van der Waals surface area contributed by atoms with Gasteiger partial charge in [-0.05, 0) is 36.4 Å². The number of benzene rings is 1. The average molecular weight is 306 g/mol. The number of aromatic nitrogens is 3. The summed E-state index contributed by atoms with van der Waals surface area (Å²) >= 11 is 0. The van der Waals surface area contributed by atoms with E-state index in [1.54, 1.807) is 22.7 Å². The molecular weight excluding hydrogens is 295 g/mol. The van der Waals surface area contributed by atoms with E-state index in [4.69, 9.17) is 0 Å². The number of hydrogen-bond donors (Lipinski definition) is 1. The van der Waals surface area contributed by atoms with E-state index in [1.165, 1.54) is 12.1 Å². The van der Waals surface area contributed by atoms with Crippen LogP contribution in [0.1, 0.15) is 5.82 Å². The predicted molar refractivity (Wildman–Crippen MR) is 73.4 cm³/mol. The Hall–Kier alpha value is -2.32. The van der Waals surface area contributed by atoms with Crippen molar-refractivity contribution in [2.45, 2.75) is 11.4 Å². The van der Waals surface area contributed by atoms with E-state index in [1.807, 2.05) is 6.07 Å². The van der Waals surface area contributed by atoms with E-state index in [0.29, 0.717) is 11.5 Å². The molecule has 3 rings (SSSR count). The molecule has 0 bridgehead atoms. The maximum atomic E-state index is 12.8. The first kappa shape index (κ1) is 13.7. The summed E-state index contributed by atoms with van der Waals surface area (Å²) in [5.41, 5.74) is 0.633. The first-order chi connectivity index (χ1) is 10.1. The average Bonchev–Trinajstić information content (AvgIpc) is 2.89. The summed E-state index contributed by atoms with van der Waals surface area (Å²) in [5, 5.41) is 7.86. The molecular formula is C13H11FN4O2S. The lowest BCUT2D eigenvalue weighted by Crippen LogP contribution is -2.24. The Labute approximate surface area is 120 Å². The van der Waals surface area contributed by atoms with Crippen LogP contribution in [0.3, 0.4) is 0 Å². The van der Waals surface area contributed by atoms with Gasteiger partial charge in [0.1, 0.15) is 5.82 Å². The van der Waals surface area contributed by atoms with Crippen LogP contribution in [0.5, 0.6) is 0 Å². The zero-order valence-electron chi connectivity index (χ0n) is 10.8. The number of hydrogen-bond acceptors (Lipinski definition) is 4. The summed E-state index contributed by atoms with van der Waals surface area (Å²) in [6.07, 6.45) is 1.75. The maximum absolute atomic E-state index is 12.8. The molecule has 2 aromatic heterocycles. The van der Waals surface area contributed by atoms with Gasteiger partial charge in [-0.25, -0.2) is 17.5 Å². The Morgan fingerprint density at radius 3 is 2.62 bits per heavy atom. The summed E-state index contributed by atoms with van der Waals surface area (Å²) in [6.45, 7) is -0.00904. The summed E-state index contributed by atoms with van der Waals surface area (Å²) in [5.74, 6) is -0.0197. The fourth-order valence-electron chi connectivity index (χ4n) is 1.87. The highest BCUT2D eigenvalue weighted by atomic mass is 32.2. The number of pyridine rings is 1. The second-order valence-corrected chi connectivity index (χ2v) is 6.09. The van der Waals surface area contributed by atoms with Gasteiger partial charge in [-0.2, -0.15) is 0 Å². The Morgan fingerprint density at radius 1 is 1.10 bits per heavy atom. The first-order valence-electron chi connectivity index (χ1n) is 6.10. The minimum absolute atomic E-state index is 0.00211. The van der Waals surface area contributed by atoms with Crippen LogP contribution in [0.25, 0.3) is 5.65 Å². The minimum Gasteiger partial charge on any atom is -0.285 e. The molecule has 0 saturated carbocycles. The van der Waals surface area contributed by atoms with Gasteiger partial charge in [0.25, 0.3) is 0 Å². The predicted octanol–water partition coefficient (Wildman–Crippen LogP) is 1.35. The number of halogens is 1. The minimum atomic E-state index is -3.72. The lowest BCUT2D eigenvalue weighted by molar-refractivity contribution is 0.578. The van der Waals surface area contributed by atoms with Gasteiger partial charge < -0.3 is 0 Å². The normalized spacial score (nSPS) is 11.9. The molecule has 8 heteroatoms. The highest BCUT2D eigenvalue weighted by Crippen LogP contribution is 2.10. The van der Waals surface area contributed by atoms with Crippen molar-refractivity contribution in [2.75, 3.05) is 0 Å². The molecule has 1 aromatic carbocycles. The van der Waals surface area contributed by atoms with E-state index in [0.717, 1.165) is 12.1 Å². The molecule has 2 heterocycles. The zero-order chi connectivity index (χ0) is 14.9. The van der Waals surface area contributed by atoms with E-state index >= 15 is 0 Å². The van der Waals surface area contributed by atoms with Crippen LogP contribution < -0.4 is 4.72 Å². The second-order valence-electron chi connectivity index (χ2n) is 4.32. The van der Waals surface area contributed by atoms with Gasteiger partial charge in [0.15, 0.2) is 11.5 Å². The van der Waals surface area contributed by atoms with Crippen LogP contribution >= 0.6 is 0 Å². The fourth-order valence-corrected chi connectivity index (χ4v) is 2.85. The van der Waals surface area contributed by atoms with Crippen molar-refractivity contribution in [3.05, 3.63) is 60.3 Å². The Morgan fingerprint density at radius 2 is 1.86 bits per heavy atom. The van der Waals surface area contributed by atoms with Crippen molar-refractivity contribution in [3.8, 4) is 0 Å². The molecule has 0 fully saturated rings. The quantitative estimate of drug-likeness (QED) is 0.789. The highest BCUT2D eigenvalue weighted by molar-refractivity contribution is 7.89. The fraction of sp³-hybridized carbons (Fsp3) is 0.0769. The Bertz CT molecular complexity index is 875. The van der Waals surface area contributed by atoms with E-state index in [-0.39, 0.29) is 11.4 Å². The smallest absolute Gasteiger partial charge is 0.240 e. The molecule has 108 valence electrons. The maximum Gasteiger partial charge on any atom is 0.240 e. The standard InChI is InChI=1S/C13H11FN4O2S/c14-10-4-6-11(7-5-10)21(19,20)15-9-13-17-16-12-3-1-2-8-18(12)13/h1-8,15H,9H2. The molecule has 0 spiro atoms. The molecule has 0 radical (unpaired) electrons. The van der Waals surface area contributed by atoms with Gasteiger partial charge in [-0.15, -0.1) is 10.2 Å². The van der Waals surface area contributed by atoms with E-state index in [2.05, 4.69) is 14.9 Å². The molecule has 0 aliphatic heterocycles. The zero-order valence-corrected chi connectivity index (χ0v) is 11.6. The van der Waals surface area contributed by atoms with Crippen molar-refractivity contribution >= 4 is 15.7 Å². The van der Waals surface area contributed by atoms with E-state index < -0.39 is 15.8 Å². The van der Waals surface area contributed by atoms with Gasteiger partial charge in [-0.1, -0.05) is 6.07 Å². The number of sulfonamides is 1. The molecule has 3 aromatic rings. The number of nitrogens with one attached hydrogen (secondary N) is 1. The van der Waals surface area contributed by atoms with Crippen LogP contribution in [0.4, 0.5) is 4.39 Å². The van der Waals surface area contributed by atoms with Crippen molar-refractivity contribution < 1.29 is 12.8 Å². The van der Waals surface area contributed by atoms with Crippen molar-refractivity contribution in [3.63, 3.8) is 0 Å². The number of nitrogens with zero attached hydrogens (tertiary/aromatic N) is 3. The number of fused-ring (bicyclic) bond motifs is 1. The SMILES string of the molecule is O=S(=O)(NCc1nnc2ccccn12)c1ccc(F)cc1. The van der Waals surface area contributed by atoms with Gasteiger partial charge in [0.05, 0.1) is 11.4 Å². The largest absolute Gasteiger partial charge is 0.285 e. The lowest BCUT2D eigenvalue weighted by atomic mass is 10.4. The molecule has 0 amide bonds. The van der Waals surface area contributed by atoms with Crippen molar-refractivity contribution in [1.82, 2.24) is 19.3 Å². The van der Waals surface area contributed by atoms with Gasteiger partial charge in [-0.3, -0.25) is 4.40 Å². The summed E-state index contributed by atoms with van der Waals surface area (Å²) in [4.78, 5) is -0.00211. The molecule has 21 heavy (non-hydrogen) atoms. The monoisotopic (exact) mass is 306 g/mol. The second kappa shape index (κ2) is 5.23. The summed E-state index contributed by atoms with van der Waals surface area (Å²) < 4.78 is 41.1. The molecule has 1 N–H and O–H groups in total. The van der Waals surface area contributed by atoms with Gasteiger partial charge in [0, 0.05) is 6.20 Å². The van der Waals surface area contributed by atoms with Crippen LogP contribution in [-0.4, -0.2) is 23.0 Å². The van der Waals surface area contributed by atoms with Crippen LogP contribution in [-0.2, 0) is 16.6 Å². The third-order valence-corrected chi connectivity index (χ3v) is 4.35. The lowest BCUT2D eigenvalue weighted by Gasteiger charge is -2.05. The Balaban J connectivity index is 1.82. The molecule has 0 unspecified atom stereocenters. The van der Waals surface area contributed by atoms with Gasteiger partial charge >= 0.3 is 0 Å². The molecule has 0 aliphatic rings. The molecule has 0 saturated heterocycles. The van der Waals surface area contributed by atoms with Crippen LogP contribution in [0, 0.1) is 5.82 Å². The Kier molecular flexibility index (Phi) is 3.40. The van der Waals surface area contributed by atoms with Crippen LogP contribution in [0.15, 0.2) is 53.6 Å². The molecule has 0 aliphatic carbocycles. The van der Waals surface area contributed by atoms with E-state index in [9.17, 15) is 12.8 Å². The van der Waals surface area contributed by atoms with Crippen molar-refractivity contribution in [2.24, 2.45) is 0 Å². The third kappa shape index (κ3) is 2.76. The summed E-state index contributed by atoms with van der Waals surface area (Å²) in [6, 6.07) is 10.00. The highest BCUT2D eigenvalue weighted by Gasteiger charge is 2.15. The summed E-state index contributed by atoms with van der Waals surface area (Å²) in [7, 11) is -3.72. The van der Waals surface area contributed by atoms with Crippen molar-refractivity contribution in [1.29, 1.82) is 0 Å². The third-order valence-electron chi connectivity index (χ3n) is 2.93. The van der Waals surface area contributed by atoms with Crippen LogP contribution in [0.2, 0.25) is 0 Å². The van der Waals surface area contributed by atoms with Gasteiger partial charge in [0.2, 0.25) is 10.0 Å². The first-order valence-corrected chi connectivity index (χ1v) is 7.58.